The molecular weight excluding hydrogens is 214 g/mol. The van der Waals surface area contributed by atoms with Crippen molar-refractivity contribution in [2.24, 2.45) is 5.92 Å². The predicted octanol–water partition coefficient (Wildman–Crippen LogP) is 3.06. The van der Waals surface area contributed by atoms with Gasteiger partial charge in [-0.2, -0.15) is 0 Å². The van der Waals surface area contributed by atoms with Gasteiger partial charge in [0.25, 0.3) is 0 Å². The first-order chi connectivity index (χ1) is 8.33. The maximum Gasteiger partial charge on any atom is 0.123 e. The van der Waals surface area contributed by atoms with Gasteiger partial charge >= 0.3 is 0 Å². The molecule has 1 aliphatic rings. The van der Waals surface area contributed by atoms with Gasteiger partial charge < -0.3 is 14.5 Å². The largest absolute Gasteiger partial charge is 0.467 e. The van der Waals surface area contributed by atoms with Gasteiger partial charge in [-0.05, 0) is 50.3 Å². The Balaban J connectivity index is 2.09. The second-order valence-electron chi connectivity index (χ2n) is 4.85. The average molecular weight is 237 g/mol. The molecule has 3 heteroatoms. The molecule has 96 valence electrons. The number of furan rings is 1. The standard InChI is InChI=1S/C14H23NO2/c1-3-7-15-13(12-5-8-16-9-6-12)14-11(2)4-10-17-14/h4,10,12-13,15H,3,5-9H2,1-2H3. The molecule has 1 N–H and O–H groups in total. The zero-order valence-electron chi connectivity index (χ0n) is 10.9. The van der Waals surface area contributed by atoms with Crippen molar-refractivity contribution in [3.8, 4) is 0 Å². The van der Waals surface area contributed by atoms with Gasteiger partial charge in [0.15, 0.2) is 0 Å². The summed E-state index contributed by atoms with van der Waals surface area (Å²) in [6.07, 6.45) is 5.20. The molecule has 1 fully saturated rings. The fourth-order valence-electron chi connectivity index (χ4n) is 2.53. The zero-order chi connectivity index (χ0) is 12.1. The van der Waals surface area contributed by atoms with Gasteiger partial charge in [-0.25, -0.2) is 0 Å². The molecule has 1 saturated heterocycles. The highest BCUT2D eigenvalue weighted by atomic mass is 16.5. The van der Waals surface area contributed by atoms with Crippen molar-refractivity contribution < 1.29 is 9.15 Å². The van der Waals surface area contributed by atoms with Crippen LogP contribution in [0.25, 0.3) is 0 Å². The molecule has 17 heavy (non-hydrogen) atoms. The van der Waals surface area contributed by atoms with Crippen LogP contribution in [0.15, 0.2) is 16.7 Å². The number of hydrogen-bond donors (Lipinski definition) is 1. The fraction of sp³-hybridized carbons (Fsp3) is 0.714. The highest BCUT2D eigenvalue weighted by Gasteiger charge is 2.27. The van der Waals surface area contributed by atoms with Crippen LogP contribution >= 0.6 is 0 Å². The molecule has 1 aromatic heterocycles. The van der Waals surface area contributed by atoms with E-state index in [0.29, 0.717) is 12.0 Å². The van der Waals surface area contributed by atoms with Crippen molar-refractivity contribution in [1.29, 1.82) is 0 Å². The first-order valence-corrected chi connectivity index (χ1v) is 6.68. The summed E-state index contributed by atoms with van der Waals surface area (Å²) < 4.78 is 11.1. The minimum absolute atomic E-state index is 0.355. The molecule has 2 rings (SSSR count). The Morgan fingerprint density at radius 2 is 2.18 bits per heavy atom. The highest BCUT2D eigenvalue weighted by Crippen LogP contribution is 2.32. The van der Waals surface area contributed by atoms with Crippen molar-refractivity contribution in [1.82, 2.24) is 5.32 Å². The summed E-state index contributed by atoms with van der Waals surface area (Å²) in [7, 11) is 0. The summed E-state index contributed by atoms with van der Waals surface area (Å²) in [5.74, 6) is 1.76. The lowest BCUT2D eigenvalue weighted by molar-refractivity contribution is 0.0505. The van der Waals surface area contributed by atoms with Crippen LogP contribution in [0.1, 0.15) is 43.6 Å². The van der Waals surface area contributed by atoms with Gasteiger partial charge in [0, 0.05) is 13.2 Å². The molecule has 0 bridgehead atoms. The molecule has 2 heterocycles. The third-order valence-corrected chi connectivity index (χ3v) is 3.54. The minimum Gasteiger partial charge on any atom is -0.467 e. The molecule has 0 aliphatic carbocycles. The molecule has 1 atom stereocenters. The van der Waals surface area contributed by atoms with Crippen LogP contribution in [0.4, 0.5) is 0 Å². The lowest BCUT2D eigenvalue weighted by atomic mass is 9.89. The van der Waals surface area contributed by atoms with E-state index in [1.54, 1.807) is 6.26 Å². The molecule has 1 aliphatic heterocycles. The van der Waals surface area contributed by atoms with Crippen molar-refractivity contribution in [3.05, 3.63) is 23.7 Å². The normalized spacial score (nSPS) is 19.4. The molecule has 0 saturated carbocycles. The van der Waals surface area contributed by atoms with Crippen LogP contribution < -0.4 is 5.32 Å². The SMILES string of the molecule is CCCNC(c1occc1C)C1CCOCC1. The summed E-state index contributed by atoms with van der Waals surface area (Å²) in [5.41, 5.74) is 1.25. The highest BCUT2D eigenvalue weighted by molar-refractivity contribution is 5.19. The van der Waals surface area contributed by atoms with E-state index in [0.717, 1.165) is 44.8 Å². The molecule has 0 spiro atoms. The third-order valence-electron chi connectivity index (χ3n) is 3.54. The van der Waals surface area contributed by atoms with Crippen molar-refractivity contribution in [2.45, 2.75) is 39.2 Å². The number of ether oxygens (including phenoxy) is 1. The van der Waals surface area contributed by atoms with E-state index in [9.17, 15) is 0 Å². The Hall–Kier alpha value is -0.800. The number of hydrogen-bond acceptors (Lipinski definition) is 3. The topological polar surface area (TPSA) is 34.4 Å². The van der Waals surface area contributed by atoms with Gasteiger partial charge in [0.2, 0.25) is 0 Å². The Morgan fingerprint density at radius 3 is 2.76 bits per heavy atom. The van der Waals surface area contributed by atoms with Gasteiger partial charge in [-0.3, -0.25) is 0 Å². The van der Waals surface area contributed by atoms with E-state index in [2.05, 4.69) is 25.2 Å². The molecule has 1 unspecified atom stereocenters. The van der Waals surface area contributed by atoms with Crippen LogP contribution in [-0.2, 0) is 4.74 Å². The average Bonchev–Trinajstić information content (AvgIpc) is 2.78. The Labute approximate surface area is 104 Å². The van der Waals surface area contributed by atoms with E-state index in [-0.39, 0.29) is 0 Å². The summed E-state index contributed by atoms with van der Waals surface area (Å²) in [5, 5.41) is 3.63. The van der Waals surface area contributed by atoms with Gasteiger partial charge in [-0.15, -0.1) is 0 Å². The number of nitrogens with one attached hydrogen (secondary N) is 1. The second-order valence-corrected chi connectivity index (χ2v) is 4.85. The number of rotatable bonds is 5. The first kappa shape index (κ1) is 12.7. The van der Waals surface area contributed by atoms with Crippen molar-refractivity contribution in [3.63, 3.8) is 0 Å². The molecule has 0 radical (unpaired) electrons. The van der Waals surface area contributed by atoms with E-state index in [1.165, 1.54) is 5.56 Å². The predicted molar refractivity (Wildman–Crippen MR) is 68.0 cm³/mol. The molecule has 0 amide bonds. The van der Waals surface area contributed by atoms with Crippen molar-refractivity contribution >= 4 is 0 Å². The Morgan fingerprint density at radius 1 is 1.41 bits per heavy atom. The maximum absolute atomic E-state index is 5.67. The lowest BCUT2D eigenvalue weighted by Crippen LogP contribution is -2.32. The Bertz CT molecular complexity index is 329. The molecular formula is C14H23NO2. The quantitative estimate of drug-likeness (QED) is 0.854. The van der Waals surface area contributed by atoms with Gasteiger partial charge in [0.1, 0.15) is 5.76 Å². The molecule has 0 aromatic carbocycles. The van der Waals surface area contributed by atoms with Crippen LogP contribution in [0.2, 0.25) is 0 Å². The van der Waals surface area contributed by atoms with Crippen LogP contribution in [-0.4, -0.2) is 19.8 Å². The van der Waals surface area contributed by atoms with E-state index < -0.39 is 0 Å². The monoisotopic (exact) mass is 237 g/mol. The summed E-state index contributed by atoms with van der Waals surface area (Å²) in [6, 6.07) is 2.41. The van der Waals surface area contributed by atoms with Crippen LogP contribution in [0.3, 0.4) is 0 Å². The summed E-state index contributed by atoms with van der Waals surface area (Å²) in [6.45, 7) is 7.13. The maximum atomic E-state index is 5.67. The van der Waals surface area contributed by atoms with Gasteiger partial charge in [0.05, 0.1) is 12.3 Å². The summed E-state index contributed by atoms with van der Waals surface area (Å²) in [4.78, 5) is 0. The molecule has 1 aromatic rings. The smallest absolute Gasteiger partial charge is 0.123 e. The first-order valence-electron chi connectivity index (χ1n) is 6.68. The van der Waals surface area contributed by atoms with E-state index >= 15 is 0 Å². The third kappa shape index (κ3) is 3.11. The van der Waals surface area contributed by atoms with E-state index in [4.69, 9.17) is 9.15 Å². The molecule has 3 nitrogen and oxygen atoms in total. The number of aryl methyl sites for hydroxylation is 1. The van der Waals surface area contributed by atoms with Crippen molar-refractivity contribution in [2.75, 3.05) is 19.8 Å². The lowest BCUT2D eigenvalue weighted by Gasteiger charge is -2.30. The van der Waals surface area contributed by atoms with Gasteiger partial charge in [-0.1, -0.05) is 6.92 Å². The summed E-state index contributed by atoms with van der Waals surface area (Å²) >= 11 is 0. The Kier molecular flexibility index (Phi) is 4.63. The fourth-order valence-corrected chi connectivity index (χ4v) is 2.53. The second kappa shape index (κ2) is 6.22. The van der Waals surface area contributed by atoms with Crippen LogP contribution in [0.5, 0.6) is 0 Å². The van der Waals surface area contributed by atoms with Crippen LogP contribution in [0, 0.1) is 12.8 Å². The minimum atomic E-state index is 0.355. The van der Waals surface area contributed by atoms with E-state index in [1.807, 2.05) is 0 Å². The zero-order valence-corrected chi connectivity index (χ0v) is 10.9.